The standard InChI is InChI=1S/C14H17FN4O2/c1-4-16-9(2)12-10(15)6-5-7-11(12)19-8-17-13(18-19)14(20)21-3/h5-9,16H,4H2,1-3H3. The number of carbonyl (C=O) groups is 1. The molecule has 2 aromatic rings. The molecule has 0 radical (unpaired) electrons. The number of ether oxygens (including phenoxy) is 1. The van der Waals surface area contributed by atoms with E-state index in [0.29, 0.717) is 17.8 Å². The van der Waals surface area contributed by atoms with Crippen molar-refractivity contribution in [2.75, 3.05) is 13.7 Å². The third-order valence-electron chi connectivity index (χ3n) is 3.08. The van der Waals surface area contributed by atoms with Gasteiger partial charge >= 0.3 is 5.97 Å². The van der Waals surface area contributed by atoms with Crippen LogP contribution in [0, 0.1) is 5.82 Å². The van der Waals surface area contributed by atoms with Crippen molar-refractivity contribution >= 4 is 5.97 Å². The molecule has 2 rings (SSSR count). The average Bonchev–Trinajstić information content (AvgIpc) is 2.96. The largest absolute Gasteiger partial charge is 0.463 e. The Morgan fingerprint density at radius 1 is 1.52 bits per heavy atom. The Labute approximate surface area is 121 Å². The molecule has 7 heteroatoms. The van der Waals surface area contributed by atoms with Crippen molar-refractivity contribution in [3.8, 4) is 5.69 Å². The minimum atomic E-state index is -0.633. The summed E-state index contributed by atoms with van der Waals surface area (Å²) in [7, 11) is 1.25. The molecule has 1 atom stereocenters. The van der Waals surface area contributed by atoms with Crippen molar-refractivity contribution < 1.29 is 13.9 Å². The lowest BCUT2D eigenvalue weighted by Gasteiger charge is -2.17. The lowest BCUT2D eigenvalue weighted by Crippen LogP contribution is -2.21. The molecule has 0 bridgehead atoms. The summed E-state index contributed by atoms with van der Waals surface area (Å²) < 4.78 is 20.1. The van der Waals surface area contributed by atoms with E-state index in [1.165, 1.54) is 24.2 Å². The van der Waals surface area contributed by atoms with E-state index in [0.717, 1.165) is 0 Å². The van der Waals surface area contributed by atoms with Gasteiger partial charge in [-0.3, -0.25) is 0 Å². The van der Waals surface area contributed by atoms with Gasteiger partial charge in [0.05, 0.1) is 12.8 Å². The zero-order chi connectivity index (χ0) is 15.4. The maximum atomic E-state index is 14.1. The molecular formula is C14H17FN4O2. The van der Waals surface area contributed by atoms with Gasteiger partial charge in [0.2, 0.25) is 0 Å². The van der Waals surface area contributed by atoms with Crippen LogP contribution in [0.1, 0.15) is 36.1 Å². The van der Waals surface area contributed by atoms with Gasteiger partial charge in [-0.05, 0) is 25.6 Å². The van der Waals surface area contributed by atoms with Crippen LogP contribution in [0.4, 0.5) is 4.39 Å². The van der Waals surface area contributed by atoms with Crippen molar-refractivity contribution in [1.82, 2.24) is 20.1 Å². The number of esters is 1. The molecule has 0 aliphatic heterocycles. The molecule has 1 aromatic heterocycles. The Bertz CT molecular complexity index is 642. The maximum Gasteiger partial charge on any atom is 0.377 e. The van der Waals surface area contributed by atoms with Gasteiger partial charge in [0.1, 0.15) is 12.1 Å². The van der Waals surface area contributed by atoms with Crippen LogP contribution in [-0.4, -0.2) is 34.4 Å². The van der Waals surface area contributed by atoms with E-state index < -0.39 is 5.97 Å². The third-order valence-corrected chi connectivity index (χ3v) is 3.08. The van der Waals surface area contributed by atoms with Crippen LogP contribution in [0.5, 0.6) is 0 Å². The van der Waals surface area contributed by atoms with Crippen LogP contribution < -0.4 is 5.32 Å². The number of hydrogen-bond acceptors (Lipinski definition) is 5. The van der Waals surface area contributed by atoms with E-state index in [2.05, 4.69) is 20.1 Å². The first-order valence-electron chi connectivity index (χ1n) is 6.60. The van der Waals surface area contributed by atoms with Crippen LogP contribution in [0.3, 0.4) is 0 Å². The summed E-state index contributed by atoms with van der Waals surface area (Å²) in [6.45, 7) is 4.52. The van der Waals surface area contributed by atoms with E-state index in [1.807, 2.05) is 13.8 Å². The van der Waals surface area contributed by atoms with Crippen molar-refractivity contribution in [3.63, 3.8) is 0 Å². The molecule has 0 spiro atoms. The number of methoxy groups -OCH3 is 1. The normalized spacial score (nSPS) is 12.2. The molecule has 6 nitrogen and oxygen atoms in total. The topological polar surface area (TPSA) is 69.0 Å². The number of rotatable bonds is 5. The minimum absolute atomic E-state index is 0.0659. The quantitative estimate of drug-likeness (QED) is 0.852. The van der Waals surface area contributed by atoms with E-state index in [-0.39, 0.29) is 17.7 Å². The Morgan fingerprint density at radius 3 is 2.95 bits per heavy atom. The Kier molecular flexibility index (Phi) is 4.64. The van der Waals surface area contributed by atoms with E-state index >= 15 is 0 Å². The van der Waals surface area contributed by atoms with Gasteiger partial charge < -0.3 is 10.1 Å². The summed E-state index contributed by atoms with van der Waals surface area (Å²) >= 11 is 0. The van der Waals surface area contributed by atoms with Crippen LogP contribution in [0.2, 0.25) is 0 Å². The lowest BCUT2D eigenvalue weighted by atomic mass is 10.1. The van der Waals surface area contributed by atoms with Gasteiger partial charge in [-0.25, -0.2) is 18.9 Å². The summed E-state index contributed by atoms with van der Waals surface area (Å²) in [6, 6.07) is 4.51. The second kappa shape index (κ2) is 6.45. The monoisotopic (exact) mass is 292 g/mol. The third kappa shape index (κ3) is 3.08. The molecule has 0 aliphatic rings. The Balaban J connectivity index is 2.46. The second-order valence-electron chi connectivity index (χ2n) is 4.46. The predicted octanol–water partition coefficient (Wildman–Crippen LogP) is 1.86. The number of hydrogen-bond donors (Lipinski definition) is 1. The minimum Gasteiger partial charge on any atom is -0.463 e. The number of benzene rings is 1. The fraction of sp³-hybridized carbons (Fsp3) is 0.357. The molecule has 1 N–H and O–H groups in total. The molecule has 0 aliphatic carbocycles. The summed E-state index contributed by atoms with van der Waals surface area (Å²) in [4.78, 5) is 15.3. The Hall–Kier alpha value is -2.28. The first kappa shape index (κ1) is 15.1. The number of halogens is 1. The van der Waals surface area contributed by atoms with Gasteiger partial charge in [-0.2, -0.15) is 0 Å². The van der Waals surface area contributed by atoms with Crippen LogP contribution in [0.25, 0.3) is 5.69 Å². The van der Waals surface area contributed by atoms with Crippen molar-refractivity contribution in [3.05, 3.63) is 41.7 Å². The van der Waals surface area contributed by atoms with Crippen LogP contribution >= 0.6 is 0 Å². The summed E-state index contributed by atoms with van der Waals surface area (Å²) in [5.74, 6) is -1.04. The molecule has 0 saturated heterocycles. The summed E-state index contributed by atoms with van der Waals surface area (Å²) in [5, 5.41) is 7.19. The zero-order valence-electron chi connectivity index (χ0n) is 12.1. The smallest absolute Gasteiger partial charge is 0.377 e. The molecule has 1 heterocycles. The number of nitrogens with one attached hydrogen (secondary N) is 1. The fourth-order valence-corrected chi connectivity index (χ4v) is 2.13. The fourth-order valence-electron chi connectivity index (χ4n) is 2.13. The highest BCUT2D eigenvalue weighted by Gasteiger charge is 2.18. The number of nitrogens with zero attached hydrogens (tertiary/aromatic N) is 3. The SMILES string of the molecule is CCNC(C)c1c(F)cccc1-n1cnc(C(=O)OC)n1. The second-order valence-corrected chi connectivity index (χ2v) is 4.46. The van der Waals surface area contributed by atoms with E-state index in [9.17, 15) is 9.18 Å². The first-order chi connectivity index (χ1) is 10.1. The van der Waals surface area contributed by atoms with Crippen LogP contribution in [0.15, 0.2) is 24.5 Å². The molecule has 0 fully saturated rings. The maximum absolute atomic E-state index is 14.1. The molecular weight excluding hydrogens is 275 g/mol. The van der Waals surface area contributed by atoms with Gasteiger partial charge in [-0.1, -0.05) is 13.0 Å². The van der Waals surface area contributed by atoms with Gasteiger partial charge in [0.15, 0.2) is 0 Å². The van der Waals surface area contributed by atoms with Gasteiger partial charge in [-0.15, -0.1) is 5.10 Å². The molecule has 21 heavy (non-hydrogen) atoms. The molecule has 112 valence electrons. The summed E-state index contributed by atoms with van der Waals surface area (Å²) in [6.07, 6.45) is 1.36. The van der Waals surface area contributed by atoms with E-state index in [1.54, 1.807) is 12.1 Å². The molecule has 0 saturated carbocycles. The average molecular weight is 292 g/mol. The molecule has 1 unspecified atom stereocenters. The van der Waals surface area contributed by atoms with Gasteiger partial charge in [0.25, 0.3) is 5.82 Å². The van der Waals surface area contributed by atoms with Crippen molar-refractivity contribution in [2.24, 2.45) is 0 Å². The highest BCUT2D eigenvalue weighted by molar-refractivity contribution is 5.84. The highest BCUT2D eigenvalue weighted by Crippen LogP contribution is 2.24. The van der Waals surface area contributed by atoms with Crippen molar-refractivity contribution in [1.29, 1.82) is 0 Å². The Morgan fingerprint density at radius 2 is 2.29 bits per heavy atom. The molecule has 1 aromatic carbocycles. The zero-order valence-corrected chi connectivity index (χ0v) is 12.1. The van der Waals surface area contributed by atoms with Gasteiger partial charge in [0, 0.05) is 11.6 Å². The van der Waals surface area contributed by atoms with Crippen LogP contribution in [-0.2, 0) is 4.74 Å². The highest BCUT2D eigenvalue weighted by atomic mass is 19.1. The number of carbonyl (C=O) groups excluding carboxylic acids is 1. The molecule has 0 amide bonds. The first-order valence-corrected chi connectivity index (χ1v) is 6.60. The number of aromatic nitrogens is 3. The summed E-state index contributed by atoms with van der Waals surface area (Å²) in [5.41, 5.74) is 1.01. The predicted molar refractivity (Wildman–Crippen MR) is 74.7 cm³/mol. The van der Waals surface area contributed by atoms with E-state index in [4.69, 9.17) is 0 Å². The van der Waals surface area contributed by atoms with Crippen molar-refractivity contribution in [2.45, 2.75) is 19.9 Å². The lowest BCUT2D eigenvalue weighted by molar-refractivity contribution is 0.0587.